The van der Waals surface area contributed by atoms with Crippen LogP contribution in [0.2, 0.25) is 0 Å². The maximum absolute atomic E-state index is 13.2. The SMILES string of the molecule is CC1CNCC(C(F)(F)F)c2sc3c(c21)CCC3. The Morgan fingerprint density at radius 2 is 2.00 bits per heavy atom. The zero-order valence-electron chi connectivity index (χ0n) is 10.2. The van der Waals surface area contributed by atoms with Crippen molar-refractivity contribution >= 4 is 11.3 Å². The monoisotopic (exact) mass is 275 g/mol. The highest BCUT2D eigenvalue weighted by atomic mass is 32.1. The van der Waals surface area contributed by atoms with E-state index in [0.717, 1.165) is 24.8 Å². The van der Waals surface area contributed by atoms with Gasteiger partial charge < -0.3 is 5.32 Å². The van der Waals surface area contributed by atoms with Gasteiger partial charge in [0.05, 0.1) is 0 Å². The van der Waals surface area contributed by atoms with Gasteiger partial charge in [0, 0.05) is 22.8 Å². The minimum atomic E-state index is -4.13. The van der Waals surface area contributed by atoms with E-state index in [1.165, 1.54) is 21.8 Å². The Labute approximate surface area is 108 Å². The van der Waals surface area contributed by atoms with Crippen LogP contribution in [0.1, 0.15) is 46.1 Å². The van der Waals surface area contributed by atoms with Crippen LogP contribution >= 0.6 is 11.3 Å². The number of rotatable bonds is 0. The number of aryl methyl sites for hydroxylation is 1. The molecule has 0 amide bonds. The van der Waals surface area contributed by atoms with E-state index in [1.54, 1.807) is 0 Å². The maximum Gasteiger partial charge on any atom is 0.397 e. The predicted octanol–water partition coefficient (Wildman–Crippen LogP) is 3.59. The minimum Gasteiger partial charge on any atom is -0.315 e. The van der Waals surface area contributed by atoms with E-state index in [0.29, 0.717) is 11.4 Å². The van der Waals surface area contributed by atoms with Crippen LogP contribution in [0.25, 0.3) is 0 Å². The molecular formula is C13H16F3NS. The quantitative estimate of drug-likeness (QED) is 0.763. The molecule has 1 N–H and O–H groups in total. The van der Waals surface area contributed by atoms with Crippen molar-refractivity contribution in [3.8, 4) is 0 Å². The van der Waals surface area contributed by atoms with Gasteiger partial charge in [-0.1, -0.05) is 6.92 Å². The first-order chi connectivity index (χ1) is 8.48. The first-order valence-electron chi connectivity index (χ1n) is 6.40. The third kappa shape index (κ3) is 1.88. The van der Waals surface area contributed by atoms with Crippen LogP contribution in [0.3, 0.4) is 0 Å². The lowest BCUT2D eigenvalue weighted by molar-refractivity contribution is -0.148. The predicted molar refractivity (Wildman–Crippen MR) is 66.4 cm³/mol. The second-order valence-corrected chi connectivity index (χ2v) is 6.43. The number of hydrogen-bond acceptors (Lipinski definition) is 2. The average Bonchev–Trinajstić information content (AvgIpc) is 2.77. The Morgan fingerprint density at radius 3 is 2.72 bits per heavy atom. The highest BCUT2D eigenvalue weighted by Gasteiger charge is 2.45. The number of hydrogen-bond donors (Lipinski definition) is 1. The third-order valence-electron chi connectivity index (χ3n) is 3.99. The molecule has 1 aromatic rings. The van der Waals surface area contributed by atoms with Gasteiger partial charge in [0.1, 0.15) is 5.92 Å². The van der Waals surface area contributed by atoms with Gasteiger partial charge in [-0.3, -0.25) is 0 Å². The fourth-order valence-electron chi connectivity index (χ4n) is 3.15. The Hall–Kier alpha value is -0.550. The van der Waals surface area contributed by atoms with Crippen LogP contribution in [0, 0.1) is 0 Å². The van der Waals surface area contributed by atoms with Crippen LogP contribution in [-0.4, -0.2) is 19.3 Å². The molecule has 18 heavy (non-hydrogen) atoms. The average molecular weight is 275 g/mol. The summed E-state index contributed by atoms with van der Waals surface area (Å²) in [6.45, 7) is 2.72. The van der Waals surface area contributed by atoms with Crippen molar-refractivity contribution < 1.29 is 13.2 Å². The molecule has 1 aliphatic carbocycles. The van der Waals surface area contributed by atoms with Crippen molar-refractivity contribution in [1.29, 1.82) is 0 Å². The summed E-state index contributed by atoms with van der Waals surface area (Å²) in [4.78, 5) is 1.80. The van der Waals surface area contributed by atoms with Gasteiger partial charge >= 0.3 is 6.18 Å². The molecule has 0 bridgehead atoms. The smallest absolute Gasteiger partial charge is 0.315 e. The van der Waals surface area contributed by atoms with Gasteiger partial charge in [0.15, 0.2) is 0 Å². The Morgan fingerprint density at radius 1 is 1.22 bits per heavy atom. The van der Waals surface area contributed by atoms with Gasteiger partial charge in [-0.25, -0.2) is 0 Å². The van der Waals surface area contributed by atoms with Crippen molar-refractivity contribution in [3.63, 3.8) is 0 Å². The molecule has 1 nitrogen and oxygen atoms in total. The molecular weight excluding hydrogens is 259 g/mol. The summed E-state index contributed by atoms with van der Waals surface area (Å²) >= 11 is 1.42. The van der Waals surface area contributed by atoms with Crippen molar-refractivity contribution in [1.82, 2.24) is 5.32 Å². The molecule has 0 spiro atoms. The van der Waals surface area contributed by atoms with E-state index < -0.39 is 12.1 Å². The molecule has 0 radical (unpaired) electrons. The van der Waals surface area contributed by atoms with Crippen LogP contribution in [0.15, 0.2) is 0 Å². The van der Waals surface area contributed by atoms with Gasteiger partial charge in [-0.15, -0.1) is 11.3 Å². The molecule has 2 heterocycles. The Kier molecular flexibility index (Phi) is 2.94. The summed E-state index contributed by atoms with van der Waals surface area (Å²) in [7, 11) is 0. The van der Waals surface area contributed by atoms with Crippen LogP contribution in [0.4, 0.5) is 13.2 Å². The van der Waals surface area contributed by atoms with Gasteiger partial charge in [0.2, 0.25) is 0 Å². The lowest BCUT2D eigenvalue weighted by Gasteiger charge is -2.19. The lowest BCUT2D eigenvalue weighted by atomic mass is 9.93. The summed E-state index contributed by atoms with van der Waals surface area (Å²) in [5, 5.41) is 2.96. The number of halogens is 3. The van der Waals surface area contributed by atoms with E-state index in [1.807, 2.05) is 6.92 Å². The van der Waals surface area contributed by atoms with Crippen molar-refractivity contribution in [2.24, 2.45) is 0 Å². The minimum absolute atomic E-state index is 0.0280. The summed E-state index contributed by atoms with van der Waals surface area (Å²) in [6, 6.07) is 0. The third-order valence-corrected chi connectivity index (χ3v) is 5.42. The fourth-order valence-corrected chi connectivity index (χ4v) is 4.79. The number of nitrogens with one attached hydrogen (secondary N) is 1. The fraction of sp³-hybridized carbons (Fsp3) is 0.692. The van der Waals surface area contributed by atoms with Crippen molar-refractivity contribution in [2.45, 2.75) is 44.2 Å². The highest BCUT2D eigenvalue weighted by Crippen LogP contribution is 2.47. The van der Waals surface area contributed by atoms with Crippen molar-refractivity contribution in [3.05, 3.63) is 20.9 Å². The molecule has 0 fully saturated rings. The molecule has 0 aromatic carbocycles. The highest BCUT2D eigenvalue weighted by molar-refractivity contribution is 7.12. The zero-order valence-corrected chi connectivity index (χ0v) is 11.0. The number of fused-ring (bicyclic) bond motifs is 3. The summed E-state index contributed by atoms with van der Waals surface area (Å²) < 4.78 is 39.5. The zero-order chi connectivity index (χ0) is 12.9. The molecule has 0 saturated carbocycles. The second-order valence-electron chi connectivity index (χ2n) is 5.29. The van der Waals surface area contributed by atoms with Crippen LogP contribution < -0.4 is 5.32 Å². The summed E-state index contributed by atoms with van der Waals surface area (Å²) in [5.41, 5.74) is 2.25. The molecule has 2 unspecified atom stereocenters. The van der Waals surface area contributed by atoms with Crippen molar-refractivity contribution in [2.75, 3.05) is 13.1 Å². The standard InChI is InChI=1S/C13H16F3NS/c1-7-5-17-6-9(13(14,15)16)12-11(7)8-3-2-4-10(8)18-12/h7,9,17H,2-6H2,1H3. The lowest BCUT2D eigenvalue weighted by Crippen LogP contribution is -2.30. The van der Waals surface area contributed by atoms with Gasteiger partial charge in [0.25, 0.3) is 0 Å². The van der Waals surface area contributed by atoms with Crippen LogP contribution in [0.5, 0.6) is 0 Å². The van der Waals surface area contributed by atoms with Crippen LogP contribution in [-0.2, 0) is 12.8 Å². The largest absolute Gasteiger partial charge is 0.397 e. The van der Waals surface area contributed by atoms with E-state index in [-0.39, 0.29) is 12.5 Å². The summed E-state index contributed by atoms with van der Waals surface area (Å²) in [5.74, 6) is -1.11. The molecule has 2 aliphatic rings. The summed E-state index contributed by atoms with van der Waals surface area (Å²) in [6.07, 6.45) is -1.09. The molecule has 2 atom stereocenters. The first-order valence-corrected chi connectivity index (χ1v) is 7.22. The Balaban J connectivity index is 2.12. The number of alkyl halides is 3. The topological polar surface area (TPSA) is 12.0 Å². The molecule has 3 rings (SSSR count). The van der Waals surface area contributed by atoms with Gasteiger partial charge in [-0.05, 0) is 36.3 Å². The normalized spacial score (nSPS) is 27.8. The number of thiophene rings is 1. The first kappa shape index (κ1) is 12.5. The molecule has 100 valence electrons. The van der Waals surface area contributed by atoms with E-state index in [4.69, 9.17) is 0 Å². The Bertz CT molecular complexity index is 464. The van der Waals surface area contributed by atoms with E-state index in [2.05, 4.69) is 5.32 Å². The van der Waals surface area contributed by atoms with E-state index >= 15 is 0 Å². The van der Waals surface area contributed by atoms with E-state index in [9.17, 15) is 13.2 Å². The molecule has 1 aromatic heterocycles. The second kappa shape index (κ2) is 4.23. The molecule has 0 saturated heterocycles. The maximum atomic E-state index is 13.2. The van der Waals surface area contributed by atoms with Gasteiger partial charge in [-0.2, -0.15) is 13.2 Å². The molecule has 1 aliphatic heterocycles. The molecule has 5 heteroatoms.